The number of nitrogens with one attached hydrogen (secondary N) is 1. The predicted molar refractivity (Wildman–Crippen MR) is 122 cm³/mol. The molecule has 0 aliphatic carbocycles. The first-order chi connectivity index (χ1) is 14.4. The largest absolute Gasteiger partial charge is 0.384 e. The van der Waals surface area contributed by atoms with Crippen LogP contribution in [0.25, 0.3) is 27.9 Å². The molecule has 0 saturated heterocycles. The summed E-state index contributed by atoms with van der Waals surface area (Å²) in [6.45, 7) is 8.31. The van der Waals surface area contributed by atoms with Crippen molar-refractivity contribution in [1.29, 1.82) is 0 Å². The third kappa shape index (κ3) is 3.38. The maximum atomic E-state index is 13.1. The Hall–Kier alpha value is -3.41. The molecule has 0 bridgehead atoms. The Morgan fingerprint density at radius 2 is 1.67 bits per heavy atom. The molecule has 2 aromatic heterocycles. The van der Waals surface area contributed by atoms with Gasteiger partial charge in [0, 0.05) is 11.7 Å². The van der Waals surface area contributed by atoms with Crippen molar-refractivity contribution in [3.63, 3.8) is 0 Å². The lowest BCUT2D eigenvalue weighted by Crippen LogP contribution is -2.32. The van der Waals surface area contributed by atoms with Crippen LogP contribution in [0.3, 0.4) is 0 Å². The van der Waals surface area contributed by atoms with Crippen molar-refractivity contribution >= 4 is 33.9 Å². The van der Waals surface area contributed by atoms with Crippen molar-refractivity contribution in [2.24, 2.45) is 0 Å². The fourth-order valence-electron chi connectivity index (χ4n) is 3.55. The lowest BCUT2D eigenvalue weighted by atomic mass is 10.0. The Bertz CT molecular complexity index is 1220. The molecule has 1 atom stereocenters. The van der Waals surface area contributed by atoms with Gasteiger partial charge in [-0.3, -0.25) is 9.36 Å². The molecule has 0 fully saturated rings. The summed E-state index contributed by atoms with van der Waals surface area (Å²) < 4.78 is 1.82. The number of carbonyl (C=O) groups is 1. The minimum absolute atomic E-state index is 0.0361. The highest BCUT2D eigenvalue weighted by molar-refractivity contribution is 6.11. The molecule has 0 saturated carbocycles. The first-order valence-electron chi connectivity index (χ1n) is 10.4. The van der Waals surface area contributed by atoms with Gasteiger partial charge in [0.1, 0.15) is 16.9 Å². The summed E-state index contributed by atoms with van der Waals surface area (Å²) in [6, 6.07) is 15.9. The van der Waals surface area contributed by atoms with E-state index >= 15 is 0 Å². The van der Waals surface area contributed by atoms with E-state index in [0.29, 0.717) is 28.5 Å². The third-order valence-corrected chi connectivity index (χ3v) is 5.53. The highest BCUT2D eigenvalue weighted by Crippen LogP contribution is 2.31. The van der Waals surface area contributed by atoms with Gasteiger partial charge in [-0.2, -0.15) is 0 Å². The van der Waals surface area contributed by atoms with Crippen molar-refractivity contribution < 1.29 is 4.79 Å². The fourth-order valence-corrected chi connectivity index (χ4v) is 3.55. The zero-order chi connectivity index (χ0) is 21.4. The van der Waals surface area contributed by atoms with Crippen LogP contribution < -0.4 is 11.1 Å². The molecule has 0 aliphatic rings. The average molecular weight is 402 g/mol. The monoisotopic (exact) mass is 401 g/mol. The van der Waals surface area contributed by atoms with Crippen LogP contribution in [0, 0.1) is 0 Å². The Kier molecular flexibility index (Phi) is 5.16. The molecule has 0 unspecified atom stereocenters. The van der Waals surface area contributed by atoms with Crippen molar-refractivity contribution in [3.8, 4) is 5.69 Å². The molecule has 2 aromatic carbocycles. The second-order valence-electron chi connectivity index (χ2n) is 8.01. The van der Waals surface area contributed by atoms with Gasteiger partial charge in [0.15, 0.2) is 5.65 Å². The van der Waals surface area contributed by atoms with Gasteiger partial charge in [0.2, 0.25) is 0 Å². The number of carbonyl (C=O) groups excluding carboxylic acids is 1. The molecule has 4 aromatic rings. The van der Waals surface area contributed by atoms with E-state index in [1.807, 2.05) is 54.8 Å². The van der Waals surface area contributed by atoms with Crippen LogP contribution in [-0.2, 0) is 0 Å². The lowest BCUT2D eigenvalue weighted by Gasteiger charge is -2.12. The predicted octanol–water partition coefficient (Wildman–Crippen LogP) is 4.81. The molecular weight excluding hydrogens is 374 g/mol. The van der Waals surface area contributed by atoms with Crippen LogP contribution in [0.5, 0.6) is 0 Å². The zero-order valence-electron chi connectivity index (χ0n) is 17.8. The summed E-state index contributed by atoms with van der Waals surface area (Å²) in [4.78, 5) is 22.7. The molecule has 2 heterocycles. The number of amides is 1. The zero-order valence-corrected chi connectivity index (χ0v) is 17.8. The van der Waals surface area contributed by atoms with Crippen LogP contribution >= 0.6 is 0 Å². The molecular formula is C24H27N5O. The SMILES string of the molecule is CC[C@H](C)NC(=O)c1c(N)n(-c2ccc(C(C)C)cc2)c2nc3ccccc3nc12. The van der Waals surface area contributed by atoms with Crippen molar-refractivity contribution in [2.45, 2.75) is 46.1 Å². The van der Waals surface area contributed by atoms with Crippen LogP contribution in [0.2, 0.25) is 0 Å². The molecule has 0 radical (unpaired) electrons. The lowest BCUT2D eigenvalue weighted by molar-refractivity contribution is 0.0941. The van der Waals surface area contributed by atoms with E-state index in [4.69, 9.17) is 15.7 Å². The van der Waals surface area contributed by atoms with E-state index in [9.17, 15) is 4.79 Å². The minimum Gasteiger partial charge on any atom is -0.384 e. The van der Waals surface area contributed by atoms with E-state index in [-0.39, 0.29) is 11.9 Å². The van der Waals surface area contributed by atoms with Crippen LogP contribution in [0.4, 0.5) is 5.82 Å². The normalized spacial score (nSPS) is 12.6. The number of aromatic nitrogens is 3. The van der Waals surface area contributed by atoms with Crippen LogP contribution in [-0.4, -0.2) is 26.5 Å². The topological polar surface area (TPSA) is 85.8 Å². The third-order valence-electron chi connectivity index (χ3n) is 5.53. The van der Waals surface area contributed by atoms with Crippen LogP contribution in [0.1, 0.15) is 56.0 Å². The molecule has 154 valence electrons. The summed E-state index contributed by atoms with van der Waals surface area (Å²) in [5.74, 6) is 0.547. The Balaban J connectivity index is 1.98. The first kappa shape index (κ1) is 19.9. The number of nitrogens with zero attached hydrogens (tertiary/aromatic N) is 3. The molecule has 6 heteroatoms. The van der Waals surface area contributed by atoms with E-state index in [2.05, 4.69) is 31.3 Å². The molecule has 1 amide bonds. The molecule has 0 spiro atoms. The average Bonchev–Trinajstić information content (AvgIpc) is 3.02. The number of anilines is 1. The van der Waals surface area contributed by atoms with Gasteiger partial charge in [-0.25, -0.2) is 9.97 Å². The Morgan fingerprint density at radius 3 is 2.27 bits per heavy atom. The summed E-state index contributed by atoms with van der Waals surface area (Å²) >= 11 is 0. The van der Waals surface area contributed by atoms with Crippen molar-refractivity contribution in [3.05, 3.63) is 59.7 Å². The smallest absolute Gasteiger partial charge is 0.257 e. The highest BCUT2D eigenvalue weighted by atomic mass is 16.1. The summed E-state index contributed by atoms with van der Waals surface area (Å²) in [7, 11) is 0. The van der Waals surface area contributed by atoms with Crippen molar-refractivity contribution in [1.82, 2.24) is 19.9 Å². The van der Waals surface area contributed by atoms with E-state index in [0.717, 1.165) is 23.1 Å². The van der Waals surface area contributed by atoms with Crippen molar-refractivity contribution in [2.75, 3.05) is 5.73 Å². The number of hydrogen-bond donors (Lipinski definition) is 2. The molecule has 4 rings (SSSR count). The molecule has 0 aliphatic heterocycles. The second-order valence-corrected chi connectivity index (χ2v) is 8.01. The standard InChI is InChI=1S/C24H27N5O/c1-5-15(4)26-24(30)20-21-23(28-19-9-7-6-8-18(19)27-21)29(22(20)25)17-12-10-16(11-13-17)14(2)3/h6-15H,5,25H2,1-4H3,(H,26,30)/t15-/m0/s1. The molecule has 3 N–H and O–H groups in total. The van der Waals surface area contributed by atoms with E-state index in [1.165, 1.54) is 5.56 Å². The second kappa shape index (κ2) is 7.78. The first-order valence-corrected chi connectivity index (χ1v) is 10.4. The van der Waals surface area contributed by atoms with Gasteiger partial charge in [-0.15, -0.1) is 0 Å². The number of benzene rings is 2. The van der Waals surface area contributed by atoms with Gasteiger partial charge in [0.05, 0.1) is 11.0 Å². The van der Waals surface area contributed by atoms with Crippen LogP contribution in [0.15, 0.2) is 48.5 Å². The maximum Gasteiger partial charge on any atom is 0.257 e. The van der Waals surface area contributed by atoms with E-state index in [1.54, 1.807) is 0 Å². The van der Waals surface area contributed by atoms with Gasteiger partial charge >= 0.3 is 0 Å². The summed E-state index contributed by atoms with van der Waals surface area (Å²) in [5, 5.41) is 3.02. The minimum atomic E-state index is -0.228. The number of rotatable bonds is 5. The number of hydrogen-bond acceptors (Lipinski definition) is 4. The fraction of sp³-hybridized carbons (Fsp3) is 0.292. The number of fused-ring (bicyclic) bond motifs is 2. The Morgan fingerprint density at radius 1 is 1.03 bits per heavy atom. The molecule has 6 nitrogen and oxygen atoms in total. The van der Waals surface area contributed by atoms with Gasteiger partial charge in [-0.1, -0.05) is 45.0 Å². The number of para-hydroxylation sites is 2. The quantitative estimate of drug-likeness (QED) is 0.503. The Labute approximate surface area is 176 Å². The molecule has 30 heavy (non-hydrogen) atoms. The number of nitrogens with two attached hydrogens (primary N) is 1. The van der Waals surface area contributed by atoms with E-state index < -0.39 is 0 Å². The van der Waals surface area contributed by atoms with Gasteiger partial charge < -0.3 is 11.1 Å². The van der Waals surface area contributed by atoms with Gasteiger partial charge in [-0.05, 0) is 49.1 Å². The maximum absolute atomic E-state index is 13.1. The summed E-state index contributed by atoms with van der Waals surface area (Å²) in [5.41, 5.74) is 11.6. The summed E-state index contributed by atoms with van der Waals surface area (Å²) in [6.07, 6.45) is 0.829. The van der Waals surface area contributed by atoms with Gasteiger partial charge in [0.25, 0.3) is 5.91 Å². The highest BCUT2D eigenvalue weighted by Gasteiger charge is 2.25. The number of nitrogen functional groups attached to an aromatic ring is 1.